The largest absolute Gasteiger partial charge is 0.375 e. The number of amides is 1. The summed E-state index contributed by atoms with van der Waals surface area (Å²) in [6, 6.07) is 8.28. The van der Waals surface area contributed by atoms with Crippen molar-refractivity contribution in [2.75, 3.05) is 31.1 Å². The van der Waals surface area contributed by atoms with Crippen LogP contribution >= 0.6 is 0 Å². The summed E-state index contributed by atoms with van der Waals surface area (Å²) in [5, 5.41) is 3.28. The highest BCUT2D eigenvalue weighted by atomic mass is 16.5. The number of carbonyl (C=O) groups excluding carboxylic acids is 1. The van der Waals surface area contributed by atoms with E-state index in [1.165, 1.54) is 5.56 Å². The van der Waals surface area contributed by atoms with Crippen LogP contribution in [0.1, 0.15) is 24.8 Å². The van der Waals surface area contributed by atoms with Crippen molar-refractivity contribution in [3.8, 4) is 0 Å². The number of nitrogens with one attached hydrogen (secondary N) is 1. The monoisotopic (exact) mass is 274 g/mol. The molecule has 1 saturated heterocycles. The fourth-order valence-electron chi connectivity index (χ4n) is 3.01. The van der Waals surface area contributed by atoms with Gasteiger partial charge in [-0.2, -0.15) is 0 Å². The van der Waals surface area contributed by atoms with E-state index in [9.17, 15) is 4.79 Å². The molecule has 0 bridgehead atoms. The maximum Gasteiger partial charge on any atom is 0.229 e. The summed E-state index contributed by atoms with van der Waals surface area (Å²) in [5.41, 5.74) is 2.39. The maximum atomic E-state index is 12.6. The van der Waals surface area contributed by atoms with Crippen LogP contribution in [0.15, 0.2) is 24.3 Å². The Hall–Kier alpha value is -1.39. The topological polar surface area (TPSA) is 41.6 Å². The quantitative estimate of drug-likeness (QED) is 0.893. The van der Waals surface area contributed by atoms with Crippen molar-refractivity contribution >= 4 is 11.6 Å². The molecule has 2 heterocycles. The first-order valence-corrected chi connectivity index (χ1v) is 7.55. The molecular weight excluding hydrogens is 252 g/mol. The van der Waals surface area contributed by atoms with E-state index >= 15 is 0 Å². The lowest BCUT2D eigenvalue weighted by Gasteiger charge is -2.27. The molecule has 1 N–H and O–H groups in total. The van der Waals surface area contributed by atoms with Crippen LogP contribution in [-0.2, 0) is 16.0 Å². The molecule has 1 fully saturated rings. The third-order valence-electron chi connectivity index (χ3n) is 4.07. The second kappa shape index (κ2) is 6.37. The molecule has 3 rings (SSSR count). The Bertz CT molecular complexity index is 469. The van der Waals surface area contributed by atoms with Crippen LogP contribution < -0.4 is 10.2 Å². The number of hydrogen-bond donors (Lipinski definition) is 1. The first-order chi connectivity index (χ1) is 9.84. The predicted molar refractivity (Wildman–Crippen MR) is 79.0 cm³/mol. The van der Waals surface area contributed by atoms with Crippen molar-refractivity contribution in [1.82, 2.24) is 5.32 Å². The minimum Gasteiger partial charge on any atom is -0.375 e. The number of nitrogens with zero attached hydrogens (tertiary/aromatic N) is 1. The lowest BCUT2D eigenvalue weighted by atomic mass is 10.1. The zero-order chi connectivity index (χ0) is 13.8. The molecule has 4 heteroatoms. The fraction of sp³-hybridized carbons (Fsp3) is 0.562. The van der Waals surface area contributed by atoms with Gasteiger partial charge in [0, 0.05) is 25.3 Å². The van der Waals surface area contributed by atoms with E-state index in [1.54, 1.807) is 0 Å². The molecule has 1 aromatic rings. The van der Waals surface area contributed by atoms with Crippen molar-refractivity contribution < 1.29 is 9.53 Å². The van der Waals surface area contributed by atoms with Gasteiger partial charge in [-0.25, -0.2) is 0 Å². The van der Waals surface area contributed by atoms with Crippen LogP contribution in [0, 0.1) is 0 Å². The van der Waals surface area contributed by atoms with Crippen LogP contribution in [0.3, 0.4) is 0 Å². The fourth-order valence-corrected chi connectivity index (χ4v) is 3.01. The van der Waals surface area contributed by atoms with E-state index in [0.29, 0.717) is 13.0 Å². The molecule has 0 spiro atoms. The summed E-state index contributed by atoms with van der Waals surface area (Å²) < 4.78 is 5.65. The third kappa shape index (κ3) is 3.02. The van der Waals surface area contributed by atoms with Crippen molar-refractivity contribution in [3.63, 3.8) is 0 Å². The van der Waals surface area contributed by atoms with Gasteiger partial charge in [-0.1, -0.05) is 18.2 Å². The van der Waals surface area contributed by atoms with E-state index in [2.05, 4.69) is 23.5 Å². The molecule has 2 aliphatic heterocycles. The number of para-hydroxylation sites is 1. The van der Waals surface area contributed by atoms with E-state index in [0.717, 1.165) is 44.6 Å². The molecule has 2 aliphatic rings. The van der Waals surface area contributed by atoms with Crippen molar-refractivity contribution in [1.29, 1.82) is 0 Å². The molecule has 0 radical (unpaired) electrons. The number of hydrogen-bond acceptors (Lipinski definition) is 3. The molecule has 20 heavy (non-hydrogen) atoms. The van der Waals surface area contributed by atoms with E-state index in [-0.39, 0.29) is 12.0 Å². The van der Waals surface area contributed by atoms with Gasteiger partial charge < -0.3 is 15.0 Å². The number of aryl methyl sites for hydroxylation is 1. The van der Waals surface area contributed by atoms with Crippen molar-refractivity contribution in [3.05, 3.63) is 29.8 Å². The van der Waals surface area contributed by atoms with Gasteiger partial charge in [-0.15, -0.1) is 0 Å². The summed E-state index contributed by atoms with van der Waals surface area (Å²) in [6.45, 7) is 3.20. The van der Waals surface area contributed by atoms with Gasteiger partial charge in [0.15, 0.2) is 0 Å². The minimum atomic E-state index is 0.0201. The summed E-state index contributed by atoms with van der Waals surface area (Å²) in [5.74, 6) is 0.188. The third-order valence-corrected chi connectivity index (χ3v) is 4.07. The average Bonchev–Trinajstić information content (AvgIpc) is 2.70. The maximum absolute atomic E-state index is 12.6. The summed E-state index contributed by atoms with van der Waals surface area (Å²) in [4.78, 5) is 14.6. The smallest absolute Gasteiger partial charge is 0.229 e. The molecule has 108 valence electrons. The molecule has 0 saturated carbocycles. The standard InChI is InChI=1S/C16H22N2O2/c19-16(11-14-12-17-8-10-20-14)18-9-4-3-6-13-5-1-2-7-15(13)18/h1-2,5,7,14,17H,3-4,6,8-12H2. The predicted octanol–water partition coefficient (Wildman–Crippen LogP) is 1.73. The SMILES string of the molecule is O=C(CC1CNCCO1)N1CCCCc2ccccc21. The Kier molecular flexibility index (Phi) is 4.33. The van der Waals surface area contributed by atoms with E-state index in [1.807, 2.05) is 11.0 Å². The number of ether oxygens (including phenoxy) is 1. The van der Waals surface area contributed by atoms with Crippen molar-refractivity contribution in [2.45, 2.75) is 31.8 Å². The van der Waals surface area contributed by atoms with E-state index < -0.39 is 0 Å². The number of fused-ring (bicyclic) bond motifs is 1. The van der Waals surface area contributed by atoms with E-state index in [4.69, 9.17) is 4.74 Å². The van der Waals surface area contributed by atoms with Crippen molar-refractivity contribution in [2.24, 2.45) is 0 Å². The number of morpholine rings is 1. The second-order valence-corrected chi connectivity index (χ2v) is 5.53. The minimum absolute atomic E-state index is 0.0201. The first kappa shape index (κ1) is 13.6. The van der Waals surface area contributed by atoms with Gasteiger partial charge >= 0.3 is 0 Å². The Morgan fingerprint density at radius 3 is 3.10 bits per heavy atom. The summed E-state index contributed by atoms with van der Waals surface area (Å²) >= 11 is 0. The second-order valence-electron chi connectivity index (χ2n) is 5.53. The van der Waals surface area contributed by atoms with Crippen LogP contribution in [0.2, 0.25) is 0 Å². The van der Waals surface area contributed by atoms with Crippen LogP contribution in [-0.4, -0.2) is 38.3 Å². The average molecular weight is 274 g/mol. The Balaban J connectivity index is 1.73. The Labute approximate surface area is 120 Å². The summed E-state index contributed by atoms with van der Waals surface area (Å²) in [7, 11) is 0. The lowest BCUT2D eigenvalue weighted by molar-refractivity contribution is -0.121. The Morgan fingerprint density at radius 2 is 2.25 bits per heavy atom. The highest BCUT2D eigenvalue weighted by Crippen LogP contribution is 2.27. The van der Waals surface area contributed by atoms with Crippen LogP contribution in [0.4, 0.5) is 5.69 Å². The van der Waals surface area contributed by atoms with Gasteiger partial charge in [-0.05, 0) is 30.9 Å². The van der Waals surface area contributed by atoms with Gasteiger partial charge in [-0.3, -0.25) is 4.79 Å². The first-order valence-electron chi connectivity index (χ1n) is 7.55. The highest BCUT2D eigenvalue weighted by molar-refractivity contribution is 5.94. The molecule has 1 amide bonds. The molecule has 1 unspecified atom stereocenters. The number of anilines is 1. The highest BCUT2D eigenvalue weighted by Gasteiger charge is 2.24. The van der Waals surface area contributed by atoms with Gasteiger partial charge in [0.1, 0.15) is 0 Å². The number of benzene rings is 1. The molecule has 1 aromatic carbocycles. The molecule has 4 nitrogen and oxygen atoms in total. The van der Waals surface area contributed by atoms with Gasteiger partial charge in [0.25, 0.3) is 0 Å². The summed E-state index contributed by atoms with van der Waals surface area (Å²) in [6.07, 6.45) is 3.79. The molecule has 1 atom stereocenters. The normalized spacial score (nSPS) is 23.0. The number of carbonyl (C=O) groups is 1. The molecular formula is C16H22N2O2. The van der Waals surface area contributed by atoms with Crippen LogP contribution in [0.5, 0.6) is 0 Å². The van der Waals surface area contributed by atoms with Gasteiger partial charge in [0.2, 0.25) is 5.91 Å². The molecule has 0 aliphatic carbocycles. The number of rotatable bonds is 2. The zero-order valence-corrected chi connectivity index (χ0v) is 11.8. The lowest BCUT2D eigenvalue weighted by Crippen LogP contribution is -2.42. The zero-order valence-electron chi connectivity index (χ0n) is 11.8. The molecule has 0 aromatic heterocycles. The van der Waals surface area contributed by atoms with Gasteiger partial charge in [0.05, 0.1) is 19.1 Å². The van der Waals surface area contributed by atoms with Crippen LogP contribution in [0.25, 0.3) is 0 Å². The Morgan fingerprint density at radius 1 is 1.35 bits per heavy atom.